The molecular weight excluding hydrogens is 240 g/mol. The molecule has 1 aliphatic carbocycles. The molecule has 2 nitrogen and oxygen atoms in total. The Balaban J connectivity index is 1.90. The maximum atomic E-state index is 3.52. The van der Waals surface area contributed by atoms with Crippen molar-refractivity contribution in [1.82, 2.24) is 10.2 Å². The Bertz CT molecular complexity index is 272. The average molecular weight is 268 g/mol. The Morgan fingerprint density at radius 3 is 2.89 bits per heavy atom. The quantitative estimate of drug-likeness (QED) is 0.646. The van der Waals surface area contributed by atoms with Gasteiger partial charge in [-0.1, -0.05) is 18.2 Å². The van der Waals surface area contributed by atoms with Crippen LogP contribution in [0.25, 0.3) is 0 Å². The van der Waals surface area contributed by atoms with E-state index in [1.807, 2.05) is 11.8 Å². The van der Waals surface area contributed by atoms with Gasteiger partial charge in [0.1, 0.15) is 0 Å². The minimum absolute atomic E-state index is 0.647. The second-order valence-electron chi connectivity index (χ2n) is 5.13. The van der Waals surface area contributed by atoms with Crippen molar-refractivity contribution in [3.05, 3.63) is 23.1 Å². The van der Waals surface area contributed by atoms with Gasteiger partial charge in [-0.15, -0.1) is 11.8 Å². The first-order chi connectivity index (χ1) is 8.70. The normalized spacial score (nSPS) is 15.5. The molecule has 104 valence electrons. The molecule has 0 saturated heterocycles. The van der Waals surface area contributed by atoms with Gasteiger partial charge in [-0.05, 0) is 57.4 Å². The fourth-order valence-electron chi connectivity index (χ4n) is 1.74. The van der Waals surface area contributed by atoms with Gasteiger partial charge in [0.05, 0.1) is 0 Å². The van der Waals surface area contributed by atoms with E-state index in [0.717, 1.165) is 19.6 Å². The molecule has 0 heterocycles. The predicted octanol–water partition coefficient (Wildman–Crippen LogP) is 3.27. The molecule has 18 heavy (non-hydrogen) atoms. The summed E-state index contributed by atoms with van der Waals surface area (Å²) in [6.45, 7) is 7.86. The molecular formula is C15H28N2S. The lowest BCUT2D eigenvalue weighted by Crippen LogP contribution is -2.34. The summed E-state index contributed by atoms with van der Waals surface area (Å²) in [5.41, 5.74) is 0. The van der Waals surface area contributed by atoms with Crippen LogP contribution in [0.4, 0.5) is 0 Å². The van der Waals surface area contributed by atoms with Crippen LogP contribution in [0, 0.1) is 0 Å². The predicted molar refractivity (Wildman–Crippen MR) is 84.2 cm³/mol. The molecule has 3 heteroatoms. The van der Waals surface area contributed by atoms with Crippen molar-refractivity contribution < 1.29 is 0 Å². The third-order valence-corrected chi connectivity index (χ3v) is 4.49. The summed E-state index contributed by atoms with van der Waals surface area (Å²) in [5.74, 6) is 1.24. The number of hydrogen-bond acceptors (Lipinski definition) is 3. The third-order valence-electron chi connectivity index (χ3n) is 3.28. The highest BCUT2D eigenvalue weighted by atomic mass is 32.2. The molecule has 0 atom stereocenters. The van der Waals surface area contributed by atoms with Crippen molar-refractivity contribution in [2.24, 2.45) is 0 Å². The van der Waals surface area contributed by atoms with Crippen LogP contribution < -0.4 is 5.32 Å². The number of likely N-dealkylation sites (N-methyl/N-ethyl adjacent to an activating group) is 1. The van der Waals surface area contributed by atoms with Gasteiger partial charge in [0.2, 0.25) is 0 Å². The lowest BCUT2D eigenvalue weighted by atomic mass is 10.2. The van der Waals surface area contributed by atoms with Gasteiger partial charge in [0.15, 0.2) is 0 Å². The van der Waals surface area contributed by atoms with Crippen LogP contribution in [0.5, 0.6) is 0 Å². The highest BCUT2D eigenvalue weighted by molar-refractivity contribution is 8.03. The number of thioether (sulfide) groups is 1. The highest BCUT2D eigenvalue weighted by Gasteiger charge is 2.02. The number of allylic oxidation sites excluding steroid dienone is 4. The highest BCUT2D eigenvalue weighted by Crippen LogP contribution is 2.24. The van der Waals surface area contributed by atoms with Crippen LogP contribution in [0.2, 0.25) is 0 Å². The van der Waals surface area contributed by atoms with Gasteiger partial charge in [0, 0.05) is 19.1 Å². The Kier molecular flexibility index (Phi) is 8.47. The first-order valence-electron chi connectivity index (χ1n) is 7.09. The molecule has 0 aliphatic heterocycles. The van der Waals surface area contributed by atoms with Crippen LogP contribution in [0.15, 0.2) is 23.1 Å². The summed E-state index contributed by atoms with van der Waals surface area (Å²) in [5, 5.41) is 3.52. The summed E-state index contributed by atoms with van der Waals surface area (Å²) in [7, 11) is 2.19. The summed E-state index contributed by atoms with van der Waals surface area (Å²) < 4.78 is 0. The van der Waals surface area contributed by atoms with Crippen LogP contribution in [0.1, 0.15) is 33.1 Å². The van der Waals surface area contributed by atoms with Crippen molar-refractivity contribution in [3.63, 3.8) is 0 Å². The number of rotatable bonds is 9. The third kappa shape index (κ3) is 7.24. The van der Waals surface area contributed by atoms with E-state index in [-0.39, 0.29) is 0 Å². The molecule has 1 rings (SSSR count). The molecule has 0 amide bonds. The fraction of sp³-hybridized carbons (Fsp3) is 0.733. The number of hydrogen-bond donors (Lipinski definition) is 1. The van der Waals surface area contributed by atoms with Crippen molar-refractivity contribution in [1.29, 1.82) is 0 Å². The summed E-state index contributed by atoms with van der Waals surface area (Å²) in [6.07, 6.45) is 10.4. The van der Waals surface area contributed by atoms with Gasteiger partial charge < -0.3 is 10.2 Å². The Morgan fingerprint density at radius 2 is 2.22 bits per heavy atom. The van der Waals surface area contributed by atoms with E-state index in [0.29, 0.717) is 6.04 Å². The summed E-state index contributed by atoms with van der Waals surface area (Å²) >= 11 is 2.03. The monoisotopic (exact) mass is 268 g/mol. The molecule has 0 radical (unpaired) electrons. The van der Waals surface area contributed by atoms with E-state index in [1.54, 1.807) is 4.91 Å². The maximum Gasteiger partial charge on any atom is 0.0106 e. The Hall–Kier alpha value is -0.250. The van der Waals surface area contributed by atoms with Gasteiger partial charge in [-0.25, -0.2) is 0 Å². The van der Waals surface area contributed by atoms with Gasteiger partial charge in [-0.2, -0.15) is 0 Å². The standard InChI is InChI=1S/C15H28N2S/c1-14(2)17(3)12-11-16-10-7-13-18-15-8-5-4-6-9-15/h4-5,8,14,16H,6-7,9-13H2,1-3H3. The molecule has 1 N–H and O–H groups in total. The van der Waals surface area contributed by atoms with Crippen LogP contribution in [0.3, 0.4) is 0 Å². The van der Waals surface area contributed by atoms with Gasteiger partial charge >= 0.3 is 0 Å². The summed E-state index contributed by atoms with van der Waals surface area (Å²) in [4.78, 5) is 3.93. The van der Waals surface area contributed by atoms with E-state index in [1.165, 1.54) is 25.0 Å². The second kappa shape index (κ2) is 9.65. The van der Waals surface area contributed by atoms with Crippen molar-refractivity contribution >= 4 is 11.8 Å². The first kappa shape index (κ1) is 15.8. The largest absolute Gasteiger partial charge is 0.315 e. The molecule has 0 aromatic heterocycles. The second-order valence-corrected chi connectivity index (χ2v) is 6.35. The molecule has 0 fully saturated rings. The molecule has 0 aromatic carbocycles. The van der Waals surface area contributed by atoms with E-state index in [4.69, 9.17) is 0 Å². The zero-order chi connectivity index (χ0) is 13.2. The topological polar surface area (TPSA) is 15.3 Å². The van der Waals surface area contributed by atoms with E-state index >= 15 is 0 Å². The van der Waals surface area contributed by atoms with E-state index in [9.17, 15) is 0 Å². The minimum atomic E-state index is 0.647. The van der Waals surface area contributed by atoms with Crippen molar-refractivity contribution in [3.8, 4) is 0 Å². The molecule has 0 saturated carbocycles. The van der Waals surface area contributed by atoms with Gasteiger partial charge in [-0.3, -0.25) is 0 Å². The summed E-state index contributed by atoms with van der Waals surface area (Å²) in [6, 6.07) is 0.647. The molecule has 0 bridgehead atoms. The zero-order valence-corrected chi connectivity index (χ0v) is 12.9. The van der Waals surface area contributed by atoms with Crippen LogP contribution in [-0.2, 0) is 0 Å². The molecule has 1 aliphatic rings. The van der Waals surface area contributed by atoms with Crippen LogP contribution in [-0.4, -0.2) is 43.4 Å². The lowest BCUT2D eigenvalue weighted by molar-refractivity contribution is 0.273. The molecule has 0 unspecified atom stereocenters. The minimum Gasteiger partial charge on any atom is -0.315 e. The van der Waals surface area contributed by atoms with Crippen LogP contribution >= 0.6 is 11.8 Å². The first-order valence-corrected chi connectivity index (χ1v) is 8.08. The number of nitrogens with one attached hydrogen (secondary N) is 1. The van der Waals surface area contributed by atoms with E-state index < -0.39 is 0 Å². The van der Waals surface area contributed by atoms with E-state index in [2.05, 4.69) is 49.3 Å². The fourth-order valence-corrected chi connectivity index (χ4v) is 2.73. The zero-order valence-electron chi connectivity index (χ0n) is 12.1. The SMILES string of the molecule is CC(C)N(C)CCNCCCSC1=CC=CCC1. The lowest BCUT2D eigenvalue weighted by Gasteiger charge is -2.20. The van der Waals surface area contributed by atoms with Crippen molar-refractivity contribution in [2.45, 2.75) is 39.2 Å². The molecule has 0 aromatic rings. The smallest absolute Gasteiger partial charge is 0.0106 e. The van der Waals surface area contributed by atoms with Crippen molar-refractivity contribution in [2.75, 3.05) is 32.4 Å². The number of nitrogens with zero attached hydrogens (tertiary/aromatic N) is 1. The molecule has 0 spiro atoms. The Morgan fingerprint density at radius 1 is 1.39 bits per heavy atom. The average Bonchev–Trinajstić information content (AvgIpc) is 2.38. The Labute approximate surface area is 117 Å². The maximum absolute atomic E-state index is 3.52. The van der Waals surface area contributed by atoms with Gasteiger partial charge in [0.25, 0.3) is 0 Å².